The fraction of sp³-hybridized carbons (Fsp3) is 0. The smallest absolute Gasteiger partial charge is 0.245 e. The fourth-order valence-electron chi connectivity index (χ4n) is 1.42. The average molecular weight is 191 g/mol. The molecule has 2 rings (SSSR count). The summed E-state index contributed by atoms with van der Waals surface area (Å²) in [6, 6.07) is 7.89. The van der Waals surface area contributed by atoms with Crippen molar-refractivity contribution in [1.29, 1.82) is 0 Å². The summed E-state index contributed by atoms with van der Waals surface area (Å²) < 4.78 is 0. The molecule has 0 saturated carbocycles. The van der Waals surface area contributed by atoms with Crippen molar-refractivity contribution < 1.29 is 4.79 Å². The van der Waals surface area contributed by atoms with E-state index in [9.17, 15) is 4.79 Å². The molecular formula is C11H7ClO. The Kier molecular flexibility index (Phi) is 2.03. The van der Waals surface area contributed by atoms with Crippen LogP contribution in [-0.4, -0.2) is 5.24 Å². The quantitative estimate of drug-likeness (QED) is 0.492. The molecule has 0 bridgehead atoms. The molecule has 1 aliphatic carbocycles. The van der Waals surface area contributed by atoms with E-state index in [1.54, 1.807) is 0 Å². The predicted molar refractivity (Wildman–Crippen MR) is 54.3 cm³/mol. The molecule has 64 valence electrons. The zero-order valence-electron chi connectivity index (χ0n) is 6.83. The SMILES string of the molecule is O=C(Cl)C=C1C=Cc2ccccc21. The highest BCUT2D eigenvalue weighted by molar-refractivity contribution is 6.67. The Hall–Kier alpha value is -1.34. The summed E-state index contributed by atoms with van der Waals surface area (Å²) in [5.74, 6) is 0. The number of carbonyl (C=O) groups excluding carboxylic acids is 1. The standard InChI is InChI=1S/C11H7ClO/c12-11(13)7-9-6-5-8-3-1-2-4-10(8)9/h1-7H. The Balaban J connectivity index is 2.50. The van der Waals surface area contributed by atoms with Crippen LogP contribution >= 0.6 is 11.6 Å². The molecule has 2 heteroatoms. The number of rotatable bonds is 1. The third-order valence-electron chi connectivity index (χ3n) is 1.98. The fourth-order valence-corrected chi connectivity index (χ4v) is 1.54. The van der Waals surface area contributed by atoms with Crippen molar-refractivity contribution in [1.82, 2.24) is 0 Å². The summed E-state index contributed by atoms with van der Waals surface area (Å²) in [5.41, 5.74) is 3.08. The molecule has 0 aliphatic heterocycles. The molecule has 0 N–H and O–H groups in total. The molecule has 1 aromatic carbocycles. The number of carbonyl (C=O) groups is 1. The average Bonchev–Trinajstić information content (AvgIpc) is 2.48. The van der Waals surface area contributed by atoms with E-state index < -0.39 is 5.24 Å². The highest BCUT2D eigenvalue weighted by atomic mass is 35.5. The van der Waals surface area contributed by atoms with E-state index in [0.717, 1.165) is 16.7 Å². The van der Waals surface area contributed by atoms with Crippen LogP contribution in [0.2, 0.25) is 0 Å². The Morgan fingerprint density at radius 2 is 2.00 bits per heavy atom. The van der Waals surface area contributed by atoms with Crippen molar-refractivity contribution in [2.75, 3.05) is 0 Å². The van der Waals surface area contributed by atoms with Crippen molar-refractivity contribution in [2.45, 2.75) is 0 Å². The first-order valence-corrected chi connectivity index (χ1v) is 4.34. The van der Waals surface area contributed by atoms with E-state index >= 15 is 0 Å². The second kappa shape index (κ2) is 3.19. The van der Waals surface area contributed by atoms with Gasteiger partial charge >= 0.3 is 0 Å². The van der Waals surface area contributed by atoms with Gasteiger partial charge in [-0.05, 0) is 28.3 Å². The molecule has 1 aromatic rings. The number of fused-ring (bicyclic) bond motifs is 1. The van der Waals surface area contributed by atoms with E-state index in [0.29, 0.717) is 0 Å². The topological polar surface area (TPSA) is 17.1 Å². The minimum atomic E-state index is -0.434. The van der Waals surface area contributed by atoms with E-state index in [1.165, 1.54) is 6.08 Å². The molecule has 0 amide bonds. The van der Waals surface area contributed by atoms with Gasteiger partial charge in [-0.1, -0.05) is 36.4 Å². The molecule has 0 saturated heterocycles. The van der Waals surface area contributed by atoms with Crippen LogP contribution in [0.25, 0.3) is 11.6 Å². The van der Waals surface area contributed by atoms with E-state index in [-0.39, 0.29) is 0 Å². The zero-order chi connectivity index (χ0) is 9.26. The molecule has 0 aromatic heterocycles. The van der Waals surface area contributed by atoms with Crippen LogP contribution in [0.3, 0.4) is 0 Å². The molecule has 1 aliphatic rings. The van der Waals surface area contributed by atoms with Gasteiger partial charge in [-0.3, -0.25) is 4.79 Å². The monoisotopic (exact) mass is 190 g/mol. The molecular weight excluding hydrogens is 184 g/mol. The van der Waals surface area contributed by atoms with Crippen LogP contribution in [0.1, 0.15) is 11.1 Å². The Morgan fingerprint density at radius 1 is 1.23 bits per heavy atom. The van der Waals surface area contributed by atoms with Crippen LogP contribution in [0, 0.1) is 0 Å². The first-order chi connectivity index (χ1) is 6.27. The van der Waals surface area contributed by atoms with E-state index in [1.807, 2.05) is 36.4 Å². The first kappa shape index (κ1) is 8.27. The van der Waals surface area contributed by atoms with Gasteiger partial charge in [0.15, 0.2) is 0 Å². The molecule has 0 heterocycles. The van der Waals surface area contributed by atoms with Crippen LogP contribution in [0.4, 0.5) is 0 Å². The van der Waals surface area contributed by atoms with Crippen LogP contribution in [0.5, 0.6) is 0 Å². The van der Waals surface area contributed by atoms with Gasteiger partial charge in [0.05, 0.1) is 0 Å². The van der Waals surface area contributed by atoms with Gasteiger partial charge in [0.2, 0.25) is 5.24 Å². The lowest BCUT2D eigenvalue weighted by Crippen LogP contribution is -1.83. The van der Waals surface area contributed by atoms with Gasteiger partial charge < -0.3 is 0 Å². The summed E-state index contributed by atoms with van der Waals surface area (Å²) in [7, 11) is 0. The summed E-state index contributed by atoms with van der Waals surface area (Å²) in [6.07, 6.45) is 5.30. The van der Waals surface area contributed by atoms with Gasteiger partial charge in [-0.2, -0.15) is 0 Å². The third kappa shape index (κ3) is 1.56. The Bertz CT molecular complexity index is 416. The molecule has 0 atom stereocenters. The zero-order valence-corrected chi connectivity index (χ0v) is 7.58. The van der Waals surface area contributed by atoms with Crippen LogP contribution in [-0.2, 0) is 4.79 Å². The van der Waals surface area contributed by atoms with Gasteiger partial charge in [-0.25, -0.2) is 0 Å². The maximum absolute atomic E-state index is 10.7. The Labute approximate surface area is 81.3 Å². The minimum absolute atomic E-state index is 0.434. The first-order valence-electron chi connectivity index (χ1n) is 3.96. The highest BCUT2D eigenvalue weighted by Crippen LogP contribution is 2.28. The molecule has 0 spiro atoms. The minimum Gasteiger partial charge on any atom is -0.276 e. The number of benzene rings is 1. The largest absolute Gasteiger partial charge is 0.276 e. The summed E-state index contributed by atoms with van der Waals surface area (Å²) in [5, 5.41) is -0.434. The summed E-state index contributed by atoms with van der Waals surface area (Å²) >= 11 is 5.28. The molecule has 13 heavy (non-hydrogen) atoms. The van der Waals surface area contributed by atoms with Crippen LogP contribution < -0.4 is 0 Å². The van der Waals surface area contributed by atoms with Crippen molar-refractivity contribution >= 4 is 28.5 Å². The molecule has 1 nitrogen and oxygen atoms in total. The second-order valence-electron chi connectivity index (χ2n) is 2.82. The Morgan fingerprint density at radius 3 is 2.77 bits per heavy atom. The maximum Gasteiger partial charge on any atom is 0.245 e. The third-order valence-corrected chi connectivity index (χ3v) is 2.09. The van der Waals surface area contributed by atoms with Gasteiger partial charge in [0.25, 0.3) is 0 Å². The van der Waals surface area contributed by atoms with Gasteiger partial charge in [-0.15, -0.1) is 0 Å². The van der Waals surface area contributed by atoms with Crippen molar-refractivity contribution in [3.8, 4) is 0 Å². The van der Waals surface area contributed by atoms with Gasteiger partial charge in [0.1, 0.15) is 0 Å². The van der Waals surface area contributed by atoms with Crippen molar-refractivity contribution in [2.24, 2.45) is 0 Å². The lowest BCUT2D eigenvalue weighted by atomic mass is 10.1. The van der Waals surface area contributed by atoms with E-state index in [2.05, 4.69) is 0 Å². The van der Waals surface area contributed by atoms with Crippen LogP contribution in [0.15, 0.2) is 36.4 Å². The normalized spacial score (nSPS) is 16.2. The van der Waals surface area contributed by atoms with Crippen molar-refractivity contribution in [3.05, 3.63) is 47.5 Å². The van der Waals surface area contributed by atoms with Crippen molar-refractivity contribution in [3.63, 3.8) is 0 Å². The molecule has 0 radical (unpaired) electrons. The predicted octanol–water partition coefficient (Wildman–Crippen LogP) is 2.86. The molecule has 0 unspecified atom stereocenters. The second-order valence-corrected chi connectivity index (χ2v) is 3.20. The summed E-state index contributed by atoms with van der Waals surface area (Å²) in [4.78, 5) is 10.7. The lowest BCUT2D eigenvalue weighted by Gasteiger charge is -1.98. The highest BCUT2D eigenvalue weighted by Gasteiger charge is 2.09. The lowest BCUT2D eigenvalue weighted by molar-refractivity contribution is -0.107. The molecule has 0 fully saturated rings. The number of hydrogen-bond donors (Lipinski definition) is 0. The van der Waals surface area contributed by atoms with Gasteiger partial charge in [0, 0.05) is 6.08 Å². The number of halogens is 1. The number of hydrogen-bond acceptors (Lipinski definition) is 1. The maximum atomic E-state index is 10.7. The summed E-state index contributed by atoms with van der Waals surface area (Å²) in [6.45, 7) is 0. The number of allylic oxidation sites excluding steroid dienone is 3. The van der Waals surface area contributed by atoms with E-state index in [4.69, 9.17) is 11.6 Å².